The van der Waals surface area contributed by atoms with Crippen molar-refractivity contribution in [1.29, 1.82) is 0 Å². The molecule has 0 aliphatic rings. The minimum Gasteiger partial charge on any atom is -0.382 e. The van der Waals surface area contributed by atoms with E-state index < -0.39 is 0 Å². The van der Waals surface area contributed by atoms with Gasteiger partial charge in [-0.15, -0.1) is 0 Å². The van der Waals surface area contributed by atoms with Crippen molar-refractivity contribution in [1.82, 2.24) is 4.98 Å². The number of rotatable bonds is 12. The third-order valence-electron chi connectivity index (χ3n) is 2.33. The van der Waals surface area contributed by atoms with Crippen molar-refractivity contribution in [3.05, 3.63) is 11.1 Å². The Kier molecular flexibility index (Phi) is 9.61. The molecule has 0 saturated carbocycles. The summed E-state index contributed by atoms with van der Waals surface area (Å²) >= 11 is 1.65. The Bertz CT molecular complexity index is 321. The van der Waals surface area contributed by atoms with Crippen LogP contribution in [-0.2, 0) is 20.8 Å². The molecular weight excluding hydrogens is 264 g/mol. The topological polar surface area (TPSA) is 52.6 Å². The number of anilines is 1. The second-order valence-corrected chi connectivity index (χ2v) is 5.19. The molecule has 0 fully saturated rings. The van der Waals surface area contributed by atoms with Crippen LogP contribution < -0.4 is 5.32 Å². The maximum atomic E-state index is 5.58. The summed E-state index contributed by atoms with van der Waals surface area (Å²) in [6.45, 7) is 6.46. The van der Waals surface area contributed by atoms with Gasteiger partial charge in [-0.1, -0.05) is 18.3 Å². The SMILES string of the molecule is CCCNc1ncc(COCCCOCCOC)s1. The third kappa shape index (κ3) is 8.15. The van der Waals surface area contributed by atoms with Crippen LogP contribution in [0.3, 0.4) is 0 Å². The molecule has 0 aliphatic heterocycles. The van der Waals surface area contributed by atoms with Crippen molar-refractivity contribution < 1.29 is 14.2 Å². The van der Waals surface area contributed by atoms with Crippen LogP contribution in [0, 0.1) is 0 Å². The average molecular weight is 288 g/mol. The molecule has 0 radical (unpaired) electrons. The van der Waals surface area contributed by atoms with Gasteiger partial charge in [0.2, 0.25) is 0 Å². The molecule has 0 atom stereocenters. The van der Waals surface area contributed by atoms with E-state index in [0.717, 1.165) is 36.0 Å². The van der Waals surface area contributed by atoms with Gasteiger partial charge in [-0.2, -0.15) is 0 Å². The first-order chi connectivity index (χ1) is 9.36. The van der Waals surface area contributed by atoms with Crippen LogP contribution in [0.15, 0.2) is 6.20 Å². The molecule has 1 N–H and O–H groups in total. The zero-order valence-corrected chi connectivity index (χ0v) is 12.6. The molecule has 0 saturated heterocycles. The Balaban J connectivity index is 1.98. The summed E-state index contributed by atoms with van der Waals surface area (Å²) in [4.78, 5) is 5.44. The molecule has 1 aromatic rings. The molecule has 1 heterocycles. The maximum Gasteiger partial charge on any atom is 0.182 e. The lowest BCUT2D eigenvalue weighted by atomic mass is 10.5. The third-order valence-corrected chi connectivity index (χ3v) is 3.26. The molecule has 5 nitrogen and oxygen atoms in total. The van der Waals surface area contributed by atoms with Crippen molar-refractivity contribution in [2.75, 3.05) is 45.4 Å². The lowest BCUT2D eigenvalue weighted by Gasteiger charge is -2.04. The van der Waals surface area contributed by atoms with E-state index >= 15 is 0 Å². The van der Waals surface area contributed by atoms with Gasteiger partial charge in [0.25, 0.3) is 0 Å². The number of nitrogens with zero attached hydrogens (tertiary/aromatic N) is 1. The Labute approximate surface area is 119 Å². The van der Waals surface area contributed by atoms with E-state index in [0.29, 0.717) is 26.4 Å². The van der Waals surface area contributed by atoms with Crippen molar-refractivity contribution in [2.45, 2.75) is 26.4 Å². The summed E-state index contributed by atoms with van der Waals surface area (Å²) in [6.07, 6.45) is 3.88. The predicted molar refractivity (Wildman–Crippen MR) is 77.9 cm³/mol. The van der Waals surface area contributed by atoms with E-state index in [1.807, 2.05) is 6.20 Å². The fraction of sp³-hybridized carbons (Fsp3) is 0.769. The summed E-state index contributed by atoms with van der Waals surface area (Å²) in [7, 11) is 1.67. The highest BCUT2D eigenvalue weighted by atomic mass is 32.1. The van der Waals surface area contributed by atoms with Crippen LogP contribution in [0.2, 0.25) is 0 Å². The number of nitrogens with one attached hydrogen (secondary N) is 1. The van der Waals surface area contributed by atoms with E-state index in [-0.39, 0.29) is 0 Å². The van der Waals surface area contributed by atoms with Crippen LogP contribution in [0.1, 0.15) is 24.6 Å². The number of hydrogen-bond acceptors (Lipinski definition) is 6. The fourth-order valence-electron chi connectivity index (χ4n) is 1.37. The molecular formula is C13H24N2O3S. The van der Waals surface area contributed by atoms with Crippen LogP contribution in [0.25, 0.3) is 0 Å². The monoisotopic (exact) mass is 288 g/mol. The number of hydrogen-bond donors (Lipinski definition) is 1. The quantitative estimate of drug-likeness (QED) is 0.599. The smallest absolute Gasteiger partial charge is 0.182 e. The number of ether oxygens (including phenoxy) is 3. The highest BCUT2D eigenvalue weighted by molar-refractivity contribution is 7.15. The Hall–Kier alpha value is -0.690. The molecule has 0 aromatic carbocycles. The summed E-state index contributed by atoms with van der Waals surface area (Å²) in [5.41, 5.74) is 0. The highest BCUT2D eigenvalue weighted by Gasteiger charge is 2.01. The van der Waals surface area contributed by atoms with Gasteiger partial charge in [-0.05, 0) is 12.8 Å². The van der Waals surface area contributed by atoms with Gasteiger partial charge in [0.15, 0.2) is 5.13 Å². The van der Waals surface area contributed by atoms with Crippen LogP contribution in [-0.4, -0.2) is 45.1 Å². The molecule has 0 unspecified atom stereocenters. The average Bonchev–Trinajstić information content (AvgIpc) is 2.87. The van der Waals surface area contributed by atoms with Gasteiger partial charge in [0.05, 0.1) is 24.7 Å². The minimum atomic E-state index is 0.629. The first kappa shape index (κ1) is 16.4. The van der Waals surface area contributed by atoms with Crippen molar-refractivity contribution in [3.63, 3.8) is 0 Å². The van der Waals surface area contributed by atoms with Crippen molar-refractivity contribution >= 4 is 16.5 Å². The number of aromatic nitrogens is 1. The van der Waals surface area contributed by atoms with Crippen LogP contribution in [0.4, 0.5) is 5.13 Å². The zero-order chi connectivity index (χ0) is 13.8. The summed E-state index contributed by atoms with van der Waals surface area (Å²) < 4.78 is 15.8. The molecule has 0 amide bonds. The second-order valence-electron chi connectivity index (χ2n) is 4.07. The number of methoxy groups -OCH3 is 1. The standard InChI is InChI=1S/C13H24N2O3S/c1-3-5-14-13-15-10-12(19-13)11-18-7-4-6-17-9-8-16-2/h10H,3-9,11H2,1-2H3,(H,14,15). The minimum absolute atomic E-state index is 0.629. The summed E-state index contributed by atoms with van der Waals surface area (Å²) in [5, 5.41) is 4.24. The van der Waals surface area contributed by atoms with E-state index in [4.69, 9.17) is 14.2 Å². The first-order valence-corrected chi connectivity index (χ1v) is 7.51. The van der Waals surface area contributed by atoms with Gasteiger partial charge in [-0.3, -0.25) is 0 Å². The molecule has 110 valence electrons. The lowest BCUT2D eigenvalue weighted by Crippen LogP contribution is -2.05. The molecule has 0 spiro atoms. The number of thiazole rings is 1. The predicted octanol–water partition coefficient (Wildman–Crippen LogP) is 2.53. The second kappa shape index (κ2) is 11.2. The van der Waals surface area contributed by atoms with Gasteiger partial charge >= 0.3 is 0 Å². The molecule has 6 heteroatoms. The van der Waals surface area contributed by atoms with Gasteiger partial charge in [0.1, 0.15) is 0 Å². The molecule has 0 bridgehead atoms. The van der Waals surface area contributed by atoms with E-state index in [9.17, 15) is 0 Å². The fourth-order valence-corrected chi connectivity index (χ4v) is 2.14. The first-order valence-electron chi connectivity index (χ1n) is 6.69. The van der Waals surface area contributed by atoms with Gasteiger partial charge in [-0.25, -0.2) is 4.98 Å². The Morgan fingerprint density at radius 2 is 2.05 bits per heavy atom. The Morgan fingerprint density at radius 3 is 2.84 bits per heavy atom. The summed E-state index contributed by atoms with van der Waals surface area (Å²) in [6, 6.07) is 0. The molecule has 1 rings (SSSR count). The zero-order valence-electron chi connectivity index (χ0n) is 11.8. The molecule has 19 heavy (non-hydrogen) atoms. The normalized spacial score (nSPS) is 10.8. The van der Waals surface area contributed by atoms with Crippen LogP contribution in [0.5, 0.6) is 0 Å². The van der Waals surface area contributed by atoms with Gasteiger partial charge in [0, 0.05) is 33.1 Å². The largest absolute Gasteiger partial charge is 0.382 e. The van der Waals surface area contributed by atoms with Crippen molar-refractivity contribution in [2.24, 2.45) is 0 Å². The summed E-state index contributed by atoms with van der Waals surface area (Å²) in [5.74, 6) is 0. The van der Waals surface area contributed by atoms with Gasteiger partial charge < -0.3 is 19.5 Å². The molecule has 0 aliphatic carbocycles. The molecule has 1 aromatic heterocycles. The van der Waals surface area contributed by atoms with E-state index in [1.54, 1.807) is 18.4 Å². The Morgan fingerprint density at radius 1 is 1.21 bits per heavy atom. The lowest BCUT2D eigenvalue weighted by molar-refractivity contribution is 0.0487. The van der Waals surface area contributed by atoms with E-state index in [1.165, 1.54) is 0 Å². The highest BCUT2D eigenvalue weighted by Crippen LogP contribution is 2.18. The van der Waals surface area contributed by atoms with E-state index in [2.05, 4.69) is 17.2 Å². The maximum absolute atomic E-state index is 5.58. The van der Waals surface area contributed by atoms with Crippen molar-refractivity contribution in [3.8, 4) is 0 Å². The van der Waals surface area contributed by atoms with Crippen LogP contribution >= 0.6 is 11.3 Å².